The van der Waals surface area contributed by atoms with E-state index < -0.39 is 0 Å². The minimum Gasteiger partial charge on any atom is -0.492 e. The number of rotatable bonds is 2. The summed E-state index contributed by atoms with van der Waals surface area (Å²) in [4.78, 5) is 2.20. The molecular formula is C13H19FN2O. The van der Waals surface area contributed by atoms with E-state index in [-0.39, 0.29) is 11.4 Å². The molecule has 0 unspecified atom stereocenters. The van der Waals surface area contributed by atoms with Crippen LogP contribution < -0.4 is 10.5 Å². The molecule has 1 heterocycles. The SMILES string of the molecule is CC(C)(N)CN1CCOc2ccc(F)cc2C1. The van der Waals surface area contributed by atoms with Crippen molar-refractivity contribution < 1.29 is 9.13 Å². The number of halogens is 1. The minimum absolute atomic E-state index is 0.221. The summed E-state index contributed by atoms with van der Waals surface area (Å²) in [7, 11) is 0. The molecule has 0 saturated heterocycles. The molecule has 0 aromatic heterocycles. The topological polar surface area (TPSA) is 38.5 Å². The first-order valence-electron chi connectivity index (χ1n) is 5.86. The van der Waals surface area contributed by atoms with E-state index in [4.69, 9.17) is 10.5 Å². The van der Waals surface area contributed by atoms with Crippen molar-refractivity contribution in [1.29, 1.82) is 0 Å². The van der Waals surface area contributed by atoms with Crippen LogP contribution >= 0.6 is 0 Å². The van der Waals surface area contributed by atoms with E-state index in [0.29, 0.717) is 13.2 Å². The van der Waals surface area contributed by atoms with Gasteiger partial charge in [-0.05, 0) is 32.0 Å². The summed E-state index contributed by atoms with van der Waals surface area (Å²) >= 11 is 0. The van der Waals surface area contributed by atoms with Gasteiger partial charge >= 0.3 is 0 Å². The van der Waals surface area contributed by atoms with E-state index in [2.05, 4.69) is 4.90 Å². The molecular weight excluding hydrogens is 219 g/mol. The predicted molar refractivity (Wildman–Crippen MR) is 65.4 cm³/mol. The van der Waals surface area contributed by atoms with Crippen molar-refractivity contribution in [2.24, 2.45) is 5.73 Å². The summed E-state index contributed by atoms with van der Waals surface area (Å²) in [5.41, 5.74) is 6.65. The Morgan fingerprint density at radius 2 is 2.24 bits per heavy atom. The van der Waals surface area contributed by atoms with Crippen molar-refractivity contribution in [2.45, 2.75) is 25.9 Å². The molecule has 2 rings (SSSR count). The Labute approximate surface area is 101 Å². The van der Waals surface area contributed by atoms with E-state index in [9.17, 15) is 4.39 Å². The smallest absolute Gasteiger partial charge is 0.124 e. The van der Waals surface area contributed by atoms with E-state index in [1.165, 1.54) is 12.1 Å². The number of benzene rings is 1. The lowest BCUT2D eigenvalue weighted by Crippen LogP contribution is -2.45. The second-order valence-corrected chi connectivity index (χ2v) is 5.30. The lowest BCUT2D eigenvalue weighted by Gasteiger charge is -2.28. The Bertz CT molecular complexity index is 401. The number of nitrogens with zero attached hydrogens (tertiary/aromatic N) is 1. The highest BCUT2D eigenvalue weighted by Crippen LogP contribution is 2.24. The zero-order valence-corrected chi connectivity index (χ0v) is 10.4. The third-order valence-electron chi connectivity index (χ3n) is 2.71. The lowest BCUT2D eigenvalue weighted by molar-refractivity contribution is 0.195. The second kappa shape index (κ2) is 4.63. The average molecular weight is 238 g/mol. The van der Waals surface area contributed by atoms with Gasteiger partial charge in [0.15, 0.2) is 0 Å². The molecule has 2 N–H and O–H groups in total. The molecule has 4 heteroatoms. The molecule has 0 atom stereocenters. The first-order chi connectivity index (χ1) is 7.94. The fraction of sp³-hybridized carbons (Fsp3) is 0.538. The normalized spacial score (nSPS) is 17.2. The van der Waals surface area contributed by atoms with Crippen LogP contribution in [-0.4, -0.2) is 30.1 Å². The molecule has 3 nitrogen and oxygen atoms in total. The zero-order valence-electron chi connectivity index (χ0n) is 10.4. The van der Waals surface area contributed by atoms with Crippen molar-refractivity contribution in [2.75, 3.05) is 19.7 Å². The molecule has 0 radical (unpaired) electrons. The maximum absolute atomic E-state index is 13.2. The molecule has 94 valence electrons. The van der Waals surface area contributed by atoms with Gasteiger partial charge in [-0.15, -0.1) is 0 Å². The van der Waals surface area contributed by atoms with Crippen molar-refractivity contribution in [3.05, 3.63) is 29.6 Å². The van der Waals surface area contributed by atoms with E-state index in [0.717, 1.165) is 24.4 Å². The van der Waals surface area contributed by atoms with Crippen LogP contribution in [0.15, 0.2) is 18.2 Å². The molecule has 1 aliphatic heterocycles. The van der Waals surface area contributed by atoms with Crippen LogP contribution in [0.2, 0.25) is 0 Å². The largest absolute Gasteiger partial charge is 0.492 e. The number of ether oxygens (including phenoxy) is 1. The Morgan fingerprint density at radius 1 is 1.47 bits per heavy atom. The lowest BCUT2D eigenvalue weighted by atomic mass is 10.1. The van der Waals surface area contributed by atoms with Crippen LogP contribution in [0.4, 0.5) is 4.39 Å². The summed E-state index contributed by atoms with van der Waals surface area (Å²) in [5.74, 6) is 0.560. The van der Waals surface area contributed by atoms with Crippen LogP contribution in [0.3, 0.4) is 0 Å². The van der Waals surface area contributed by atoms with Crippen LogP contribution in [-0.2, 0) is 6.54 Å². The van der Waals surface area contributed by atoms with Crippen LogP contribution in [0, 0.1) is 5.82 Å². The van der Waals surface area contributed by atoms with Gasteiger partial charge < -0.3 is 10.5 Å². The van der Waals surface area contributed by atoms with Gasteiger partial charge in [-0.25, -0.2) is 4.39 Å². The van der Waals surface area contributed by atoms with Gasteiger partial charge in [-0.3, -0.25) is 4.90 Å². The highest BCUT2D eigenvalue weighted by molar-refractivity contribution is 5.34. The Balaban J connectivity index is 2.16. The van der Waals surface area contributed by atoms with Gasteiger partial charge in [-0.1, -0.05) is 0 Å². The predicted octanol–water partition coefficient (Wildman–Crippen LogP) is 1.76. The highest BCUT2D eigenvalue weighted by atomic mass is 19.1. The van der Waals surface area contributed by atoms with Crippen LogP contribution in [0.5, 0.6) is 5.75 Å². The average Bonchev–Trinajstić information content (AvgIpc) is 2.36. The van der Waals surface area contributed by atoms with Gasteiger partial charge in [0.2, 0.25) is 0 Å². The maximum Gasteiger partial charge on any atom is 0.124 e. The molecule has 0 amide bonds. The summed E-state index contributed by atoms with van der Waals surface area (Å²) in [5, 5.41) is 0. The Kier molecular flexibility index (Phi) is 3.35. The van der Waals surface area contributed by atoms with Gasteiger partial charge in [0, 0.05) is 30.7 Å². The number of hydrogen-bond acceptors (Lipinski definition) is 3. The van der Waals surface area contributed by atoms with Crippen LogP contribution in [0.25, 0.3) is 0 Å². The molecule has 0 aliphatic carbocycles. The number of nitrogens with two attached hydrogens (primary N) is 1. The van der Waals surface area contributed by atoms with E-state index in [1.54, 1.807) is 6.07 Å². The Morgan fingerprint density at radius 3 is 2.94 bits per heavy atom. The van der Waals surface area contributed by atoms with Crippen molar-refractivity contribution in [3.8, 4) is 5.75 Å². The molecule has 0 spiro atoms. The van der Waals surface area contributed by atoms with Crippen molar-refractivity contribution in [1.82, 2.24) is 4.90 Å². The monoisotopic (exact) mass is 238 g/mol. The number of fused-ring (bicyclic) bond motifs is 1. The van der Waals surface area contributed by atoms with Crippen LogP contribution in [0.1, 0.15) is 19.4 Å². The first-order valence-corrected chi connectivity index (χ1v) is 5.86. The molecule has 1 aromatic carbocycles. The molecule has 0 saturated carbocycles. The molecule has 0 bridgehead atoms. The third kappa shape index (κ3) is 3.41. The molecule has 17 heavy (non-hydrogen) atoms. The van der Waals surface area contributed by atoms with Gasteiger partial charge in [0.1, 0.15) is 18.2 Å². The zero-order chi connectivity index (χ0) is 12.5. The van der Waals surface area contributed by atoms with Gasteiger partial charge in [0.25, 0.3) is 0 Å². The van der Waals surface area contributed by atoms with Crippen molar-refractivity contribution >= 4 is 0 Å². The summed E-state index contributed by atoms with van der Waals surface area (Å²) in [6, 6.07) is 4.67. The standard InChI is InChI=1S/C13H19FN2O/c1-13(2,15)9-16-5-6-17-12-4-3-11(14)7-10(12)8-16/h3-4,7H,5-6,8-9,15H2,1-2H3. The molecule has 0 fully saturated rings. The fourth-order valence-corrected chi connectivity index (χ4v) is 2.13. The number of hydrogen-bond donors (Lipinski definition) is 1. The quantitative estimate of drug-likeness (QED) is 0.853. The summed E-state index contributed by atoms with van der Waals surface area (Å²) < 4.78 is 18.8. The molecule has 1 aliphatic rings. The summed E-state index contributed by atoms with van der Waals surface area (Å²) in [6.07, 6.45) is 0. The van der Waals surface area contributed by atoms with E-state index in [1.807, 2.05) is 13.8 Å². The fourth-order valence-electron chi connectivity index (χ4n) is 2.13. The van der Waals surface area contributed by atoms with Gasteiger partial charge in [-0.2, -0.15) is 0 Å². The van der Waals surface area contributed by atoms with Crippen molar-refractivity contribution in [3.63, 3.8) is 0 Å². The second-order valence-electron chi connectivity index (χ2n) is 5.30. The minimum atomic E-state index is -0.252. The maximum atomic E-state index is 13.2. The third-order valence-corrected chi connectivity index (χ3v) is 2.71. The first kappa shape index (κ1) is 12.3. The van der Waals surface area contributed by atoms with Gasteiger partial charge in [0.05, 0.1) is 0 Å². The van der Waals surface area contributed by atoms with E-state index >= 15 is 0 Å². The highest BCUT2D eigenvalue weighted by Gasteiger charge is 2.21. The Hall–Kier alpha value is -1.13. The molecule has 1 aromatic rings. The summed E-state index contributed by atoms with van der Waals surface area (Å²) in [6.45, 7) is 6.88.